The SMILES string of the molecule is O=C(CCc1ccccc1)N[C@@H](CNC(=O)c1ccc(OCC[As]C2=NCCCN2)cc1O)C(=O)O. The Labute approximate surface area is 216 Å². The van der Waals surface area contributed by atoms with E-state index in [0.717, 1.165) is 34.9 Å². The van der Waals surface area contributed by atoms with Crippen LogP contribution < -0.4 is 20.7 Å². The number of rotatable bonds is 13. The molecule has 2 amide bonds. The minimum Gasteiger partial charge on any atom is -0.480 e. The van der Waals surface area contributed by atoms with Crippen molar-refractivity contribution in [3.63, 3.8) is 0 Å². The molecule has 0 unspecified atom stereocenters. The van der Waals surface area contributed by atoms with Gasteiger partial charge in [-0.1, -0.05) is 30.3 Å². The zero-order chi connectivity index (χ0) is 25.8. The molecule has 1 atom stereocenters. The summed E-state index contributed by atoms with van der Waals surface area (Å²) in [6.45, 7) is 1.96. The van der Waals surface area contributed by atoms with Crippen molar-refractivity contribution in [2.75, 3.05) is 26.2 Å². The van der Waals surface area contributed by atoms with E-state index < -0.39 is 23.8 Å². The molecule has 0 saturated carbocycles. The molecule has 0 bridgehead atoms. The number of nitrogens with zero attached hydrogens (tertiary/aromatic N) is 1. The maximum atomic E-state index is 12.5. The molecular weight excluding hydrogens is 527 g/mol. The molecule has 5 N–H and O–H groups in total. The van der Waals surface area contributed by atoms with Crippen LogP contribution in [0.25, 0.3) is 0 Å². The molecule has 1 aliphatic heterocycles. The van der Waals surface area contributed by atoms with Gasteiger partial charge in [0.05, 0.1) is 0 Å². The van der Waals surface area contributed by atoms with Crippen LogP contribution >= 0.6 is 0 Å². The number of nitrogens with one attached hydrogen (secondary N) is 3. The summed E-state index contributed by atoms with van der Waals surface area (Å²) in [6.07, 6.45) is 1.65. The van der Waals surface area contributed by atoms with E-state index in [4.69, 9.17) is 4.74 Å². The molecule has 0 saturated heterocycles. The van der Waals surface area contributed by atoms with Gasteiger partial charge in [0.2, 0.25) is 5.91 Å². The Kier molecular flexibility index (Phi) is 10.6. The fourth-order valence-corrected chi connectivity index (χ4v) is 5.11. The molecule has 0 fully saturated rings. The van der Waals surface area contributed by atoms with E-state index in [9.17, 15) is 24.6 Å². The molecule has 36 heavy (non-hydrogen) atoms. The zero-order valence-corrected chi connectivity index (χ0v) is 21.7. The molecule has 0 aromatic heterocycles. The third kappa shape index (κ3) is 8.92. The average molecular weight is 557 g/mol. The minimum absolute atomic E-state index is 0.0195. The zero-order valence-electron chi connectivity index (χ0n) is 19.8. The summed E-state index contributed by atoms with van der Waals surface area (Å²) in [6, 6.07) is 12.4. The first-order valence-corrected chi connectivity index (χ1v) is 13.9. The van der Waals surface area contributed by atoms with Gasteiger partial charge in [-0.05, 0) is 12.0 Å². The Bertz CT molecular complexity index is 1080. The van der Waals surface area contributed by atoms with Gasteiger partial charge >= 0.3 is 147 Å². The number of phenolic OH excluding ortho intramolecular Hbond substituents is 1. The standard InChI is InChI=1S/C25H30AsN4O6/c31-21-15-18(36-14-11-26-25-27-12-4-13-28-25)8-9-19(21)23(33)29-16-20(24(34)35)30-22(32)10-7-17-5-2-1-3-6-17/h1-3,5-6,8-9,15,20,31H,4,7,10-14,16H2,(H,27,28)(H,29,33)(H,30,32)(H,34,35)/t20-/m0/s1. The minimum atomic E-state index is -1.30. The van der Waals surface area contributed by atoms with Crippen molar-refractivity contribution in [2.24, 2.45) is 4.99 Å². The van der Waals surface area contributed by atoms with Crippen LogP contribution in [0.2, 0.25) is 5.21 Å². The van der Waals surface area contributed by atoms with Crippen LogP contribution in [0.3, 0.4) is 0 Å². The Morgan fingerprint density at radius 3 is 2.67 bits per heavy atom. The molecule has 11 heteroatoms. The number of carboxylic acids is 1. The number of amides is 2. The van der Waals surface area contributed by atoms with Gasteiger partial charge in [0.25, 0.3) is 0 Å². The summed E-state index contributed by atoms with van der Waals surface area (Å²) in [4.78, 5) is 40.7. The first-order valence-electron chi connectivity index (χ1n) is 11.7. The topological polar surface area (TPSA) is 149 Å². The first-order chi connectivity index (χ1) is 17.4. The van der Waals surface area contributed by atoms with Crippen LogP contribution in [0.1, 0.15) is 28.8 Å². The van der Waals surface area contributed by atoms with Gasteiger partial charge in [-0.3, -0.25) is 4.79 Å². The van der Waals surface area contributed by atoms with E-state index in [1.54, 1.807) is 6.07 Å². The van der Waals surface area contributed by atoms with Crippen molar-refractivity contribution in [1.29, 1.82) is 0 Å². The number of benzene rings is 2. The van der Waals surface area contributed by atoms with Crippen LogP contribution in [0.15, 0.2) is 53.5 Å². The molecule has 0 spiro atoms. The summed E-state index contributed by atoms with van der Waals surface area (Å²) in [5.41, 5.74) is 0.946. The van der Waals surface area contributed by atoms with Crippen molar-refractivity contribution >= 4 is 38.2 Å². The number of aryl methyl sites for hydroxylation is 1. The van der Waals surface area contributed by atoms with Crippen molar-refractivity contribution in [3.8, 4) is 11.5 Å². The van der Waals surface area contributed by atoms with Crippen molar-refractivity contribution < 1.29 is 29.3 Å². The van der Waals surface area contributed by atoms with E-state index in [0.29, 0.717) is 18.8 Å². The Balaban J connectivity index is 1.43. The number of phenols is 1. The molecule has 2 aromatic rings. The fraction of sp³-hybridized carbons (Fsp3) is 0.360. The molecule has 1 heterocycles. The number of carbonyl (C=O) groups is 3. The fourth-order valence-electron chi connectivity index (χ4n) is 3.39. The monoisotopic (exact) mass is 557 g/mol. The molecule has 1 aliphatic rings. The van der Waals surface area contributed by atoms with E-state index in [2.05, 4.69) is 20.9 Å². The predicted octanol–water partition coefficient (Wildman–Crippen LogP) is 1.17. The maximum absolute atomic E-state index is 12.5. The number of ether oxygens (including phenoxy) is 1. The van der Waals surface area contributed by atoms with Crippen molar-refractivity contribution in [2.45, 2.75) is 30.5 Å². The average Bonchev–Trinajstić information content (AvgIpc) is 2.88. The number of carboxylic acid groups (broad SMARTS) is 1. The molecule has 191 valence electrons. The van der Waals surface area contributed by atoms with Gasteiger partial charge in [0, 0.05) is 6.42 Å². The second-order valence-electron chi connectivity index (χ2n) is 8.05. The summed E-state index contributed by atoms with van der Waals surface area (Å²) in [5.74, 6) is -2.21. The summed E-state index contributed by atoms with van der Waals surface area (Å²) in [5, 5.41) is 28.7. The summed E-state index contributed by atoms with van der Waals surface area (Å²) >= 11 is -0.0973. The first kappa shape index (κ1) is 27.1. The smallest absolute Gasteiger partial charge is 0.480 e. The van der Waals surface area contributed by atoms with Crippen LogP contribution in [-0.2, 0) is 16.0 Å². The predicted molar refractivity (Wildman–Crippen MR) is 136 cm³/mol. The number of amidine groups is 1. The van der Waals surface area contributed by atoms with Gasteiger partial charge in [0.1, 0.15) is 0 Å². The number of hydrogen-bond donors (Lipinski definition) is 5. The molecule has 10 nitrogen and oxygen atoms in total. The van der Waals surface area contributed by atoms with Crippen LogP contribution in [0, 0.1) is 0 Å². The second kappa shape index (κ2) is 14.1. The summed E-state index contributed by atoms with van der Waals surface area (Å²) in [7, 11) is 0. The van der Waals surface area contributed by atoms with E-state index >= 15 is 0 Å². The second-order valence-corrected chi connectivity index (χ2v) is 10.5. The van der Waals surface area contributed by atoms with Crippen molar-refractivity contribution in [1.82, 2.24) is 16.0 Å². The molecule has 1 radical (unpaired) electrons. The molecular formula is C25H30AsN4O6. The van der Waals surface area contributed by atoms with Gasteiger partial charge < -0.3 is 5.11 Å². The Hall–Kier alpha value is -3.52. The third-order valence-corrected chi connectivity index (χ3v) is 7.41. The van der Waals surface area contributed by atoms with E-state index in [1.165, 1.54) is 12.1 Å². The number of hydrogen-bond acceptors (Lipinski definition) is 7. The third-order valence-electron chi connectivity index (χ3n) is 5.30. The van der Waals surface area contributed by atoms with Gasteiger partial charge in [-0.2, -0.15) is 0 Å². The number of aliphatic carboxylic acids is 1. The quantitative estimate of drug-likeness (QED) is 0.183. The number of carbonyl (C=O) groups excluding carboxylic acids is 2. The van der Waals surface area contributed by atoms with Gasteiger partial charge in [0.15, 0.2) is 0 Å². The molecule has 2 aromatic carbocycles. The normalized spacial score (nSPS) is 13.9. The van der Waals surface area contributed by atoms with E-state index in [-0.39, 0.29) is 40.0 Å². The van der Waals surface area contributed by atoms with Crippen LogP contribution in [-0.4, -0.2) is 80.7 Å². The number of aliphatic imine (C=N–C) groups is 1. The Morgan fingerprint density at radius 2 is 1.97 bits per heavy atom. The van der Waals surface area contributed by atoms with Crippen molar-refractivity contribution in [3.05, 3.63) is 59.7 Å². The van der Waals surface area contributed by atoms with Gasteiger partial charge in [-0.25, -0.2) is 4.79 Å². The van der Waals surface area contributed by atoms with Crippen LogP contribution in [0.5, 0.6) is 11.5 Å². The Morgan fingerprint density at radius 1 is 1.17 bits per heavy atom. The van der Waals surface area contributed by atoms with Gasteiger partial charge in [-0.15, -0.1) is 0 Å². The summed E-state index contributed by atoms with van der Waals surface area (Å²) < 4.78 is 6.74. The van der Waals surface area contributed by atoms with Crippen LogP contribution in [0.4, 0.5) is 0 Å². The number of aromatic hydroxyl groups is 1. The molecule has 0 aliphatic carbocycles. The van der Waals surface area contributed by atoms with E-state index in [1.807, 2.05) is 30.3 Å². The molecule has 3 rings (SSSR count).